The first-order valence-corrected chi connectivity index (χ1v) is 9.77. The molecule has 0 aliphatic heterocycles. The van der Waals surface area contributed by atoms with E-state index >= 15 is 0 Å². The molecule has 7 nitrogen and oxygen atoms in total. The second-order valence-electron chi connectivity index (χ2n) is 6.97. The first-order chi connectivity index (χ1) is 14.2. The Morgan fingerprint density at radius 2 is 1.47 bits per heavy atom. The van der Waals surface area contributed by atoms with E-state index < -0.39 is 35.9 Å². The lowest BCUT2D eigenvalue weighted by molar-refractivity contribution is -0.152. The normalized spacial score (nSPS) is 13.2. The Kier molecular flexibility index (Phi) is 9.71. The Labute approximate surface area is 176 Å². The number of carboxylic acids is 2. The maximum absolute atomic E-state index is 11.6. The van der Waals surface area contributed by atoms with Crippen LogP contribution in [-0.4, -0.2) is 45.8 Å². The van der Waals surface area contributed by atoms with Gasteiger partial charge in [-0.1, -0.05) is 68.4 Å². The third kappa shape index (κ3) is 7.00. The fourth-order valence-corrected chi connectivity index (χ4v) is 2.93. The molecule has 0 aliphatic rings. The highest BCUT2D eigenvalue weighted by molar-refractivity contribution is 6.31. The van der Waals surface area contributed by atoms with Gasteiger partial charge in [-0.05, 0) is 36.5 Å². The molecular weight excluding hydrogens is 386 g/mol. The summed E-state index contributed by atoms with van der Waals surface area (Å²) in [6.45, 7) is 4.72. The minimum Gasteiger partial charge on any atom is -0.481 e. The van der Waals surface area contributed by atoms with Crippen molar-refractivity contribution in [3.63, 3.8) is 0 Å². The van der Waals surface area contributed by atoms with Crippen LogP contribution in [0.3, 0.4) is 0 Å². The third-order valence-corrected chi connectivity index (χ3v) is 4.63. The first kappa shape index (κ1) is 24.8. The van der Waals surface area contributed by atoms with E-state index in [1.807, 2.05) is 68.4 Å². The Balaban J connectivity index is 0.00000218. The number of aliphatic hydroxyl groups is 1. The van der Waals surface area contributed by atoms with Crippen LogP contribution in [0.5, 0.6) is 0 Å². The molecule has 1 amide bonds. The van der Waals surface area contributed by atoms with E-state index in [0.29, 0.717) is 0 Å². The number of nitrogens with one attached hydrogen (secondary N) is 1. The monoisotopic (exact) mass is 415 g/mol. The van der Waals surface area contributed by atoms with Crippen molar-refractivity contribution in [3.05, 3.63) is 60.2 Å². The Morgan fingerprint density at radius 3 is 1.93 bits per heavy atom. The maximum atomic E-state index is 11.6. The van der Waals surface area contributed by atoms with Crippen LogP contribution in [0.2, 0.25) is 0 Å². The molecule has 2 aromatic carbocycles. The summed E-state index contributed by atoms with van der Waals surface area (Å²) in [5.74, 6) is -4.08. The highest BCUT2D eigenvalue weighted by atomic mass is 16.4. The molecule has 0 saturated carbocycles. The number of amides is 1. The summed E-state index contributed by atoms with van der Waals surface area (Å²) in [6, 6.07) is 16.5. The molecule has 2 atom stereocenters. The molecule has 2 rings (SSSR count). The van der Waals surface area contributed by atoms with Gasteiger partial charge in [0.2, 0.25) is 0 Å². The summed E-state index contributed by atoms with van der Waals surface area (Å²) < 4.78 is 0. The summed E-state index contributed by atoms with van der Waals surface area (Å²) in [5.41, 5.74) is 1.35. The standard InChI is InChI=1S/C21H23NO6.C2H6/c1-21(13-23,20(27)28)12-17(22-18(24)19(25)26)11-14-7-9-16(10-8-14)15-5-3-2-4-6-15;1-2/h2-10,17,23H,11-13H2,1H3,(H,22,24)(H,25,26)(H,27,28);1-2H3/t17?,21-;/m0./s1. The molecule has 0 bridgehead atoms. The molecule has 0 radical (unpaired) electrons. The van der Waals surface area contributed by atoms with Crippen LogP contribution in [-0.2, 0) is 20.8 Å². The number of carbonyl (C=O) groups is 3. The van der Waals surface area contributed by atoms with Gasteiger partial charge in [0.25, 0.3) is 0 Å². The van der Waals surface area contributed by atoms with Gasteiger partial charge < -0.3 is 20.6 Å². The minimum atomic E-state index is -1.65. The number of benzene rings is 2. The Hall–Kier alpha value is -3.19. The minimum absolute atomic E-state index is 0.113. The highest BCUT2D eigenvalue weighted by Crippen LogP contribution is 2.25. The largest absolute Gasteiger partial charge is 0.481 e. The molecule has 0 aliphatic carbocycles. The topological polar surface area (TPSA) is 124 Å². The molecular formula is C23H29NO6. The zero-order chi connectivity index (χ0) is 22.7. The van der Waals surface area contributed by atoms with Crippen molar-refractivity contribution >= 4 is 17.8 Å². The van der Waals surface area contributed by atoms with Crippen molar-refractivity contribution in [2.75, 3.05) is 6.61 Å². The Bertz CT molecular complexity index is 835. The van der Waals surface area contributed by atoms with Gasteiger partial charge in [0, 0.05) is 6.04 Å². The fourth-order valence-electron chi connectivity index (χ4n) is 2.93. The molecule has 0 heterocycles. The van der Waals surface area contributed by atoms with E-state index in [4.69, 9.17) is 5.11 Å². The summed E-state index contributed by atoms with van der Waals surface area (Å²) >= 11 is 0. The van der Waals surface area contributed by atoms with Gasteiger partial charge in [-0.3, -0.25) is 9.59 Å². The number of rotatable bonds is 8. The average molecular weight is 415 g/mol. The zero-order valence-electron chi connectivity index (χ0n) is 17.5. The number of hydrogen-bond donors (Lipinski definition) is 4. The number of aliphatic hydroxyl groups excluding tert-OH is 1. The van der Waals surface area contributed by atoms with Crippen molar-refractivity contribution in [3.8, 4) is 11.1 Å². The third-order valence-electron chi connectivity index (χ3n) is 4.63. The van der Waals surface area contributed by atoms with Gasteiger partial charge in [0.05, 0.1) is 12.0 Å². The molecule has 0 saturated heterocycles. The summed E-state index contributed by atoms with van der Waals surface area (Å²) in [5, 5.41) is 30.0. The van der Waals surface area contributed by atoms with Gasteiger partial charge in [-0.2, -0.15) is 0 Å². The molecule has 1 unspecified atom stereocenters. The van der Waals surface area contributed by atoms with E-state index in [1.165, 1.54) is 6.92 Å². The summed E-state index contributed by atoms with van der Waals surface area (Å²) in [4.78, 5) is 34.0. The van der Waals surface area contributed by atoms with E-state index in [2.05, 4.69) is 5.32 Å². The first-order valence-electron chi connectivity index (χ1n) is 9.77. The molecule has 0 fully saturated rings. The second-order valence-corrected chi connectivity index (χ2v) is 6.97. The lowest BCUT2D eigenvalue weighted by Crippen LogP contribution is -2.46. The number of carbonyl (C=O) groups excluding carboxylic acids is 1. The van der Waals surface area contributed by atoms with Crippen LogP contribution in [0.25, 0.3) is 11.1 Å². The fraction of sp³-hybridized carbons (Fsp3) is 0.348. The summed E-state index contributed by atoms with van der Waals surface area (Å²) in [6.07, 6.45) is 0.120. The lowest BCUT2D eigenvalue weighted by atomic mass is 9.82. The van der Waals surface area contributed by atoms with Crippen LogP contribution in [0, 0.1) is 5.41 Å². The Morgan fingerprint density at radius 1 is 0.933 bits per heavy atom. The number of carboxylic acid groups (broad SMARTS) is 2. The second kappa shape index (κ2) is 11.7. The molecule has 4 N–H and O–H groups in total. The van der Waals surface area contributed by atoms with Crippen LogP contribution >= 0.6 is 0 Å². The van der Waals surface area contributed by atoms with Crippen molar-refractivity contribution in [2.45, 2.75) is 39.7 Å². The number of hydrogen-bond acceptors (Lipinski definition) is 4. The lowest BCUT2D eigenvalue weighted by Gasteiger charge is -2.28. The van der Waals surface area contributed by atoms with Gasteiger partial charge in [-0.15, -0.1) is 0 Å². The van der Waals surface area contributed by atoms with Crippen LogP contribution in [0.15, 0.2) is 54.6 Å². The van der Waals surface area contributed by atoms with Gasteiger partial charge >= 0.3 is 17.8 Å². The van der Waals surface area contributed by atoms with Crippen molar-refractivity contribution in [2.24, 2.45) is 5.41 Å². The van der Waals surface area contributed by atoms with E-state index in [9.17, 15) is 24.6 Å². The van der Waals surface area contributed by atoms with E-state index in [-0.39, 0.29) is 12.8 Å². The quantitative estimate of drug-likeness (QED) is 0.492. The van der Waals surface area contributed by atoms with E-state index in [0.717, 1.165) is 16.7 Å². The average Bonchev–Trinajstić information content (AvgIpc) is 2.76. The number of aliphatic carboxylic acids is 2. The SMILES string of the molecule is CC.C[C@@](CO)(CC(Cc1ccc(-c2ccccc2)cc1)NC(=O)C(=O)O)C(=O)O. The van der Waals surface area contributed by atoms with Crippen LogP contribution in [0.1, 0.15) is 32.8 Å². The van der Waals surface area contributed by atoms with Crippen molar-refractivity contribution in [1.82, 2.24) is 5.32 Å². The van der Waals surface area contributed by atoms with Crippen molar-refractivity contribution in [1.29, 1.82) is 0 Å². The predicted octanol–water partition coefficient (Wildman–Crippen LogP) is 2.96. The molecule has 0 aromatic heterocycles. The van der Waals surface area contributed by atoms with Crippen LogP contribution in [0.4, 0.5) is 0 Å². The molecule has 0 spiro atoms. The van der Waals surface area contributed by atoms with E-state index in [1.54, 1.807) is 0 Å². The maximum Gasteiger partial charge on any atom is 0.394 e. The van der Waals surface area contributed by atoms with Crippen molar-refractivity contribution < 1.29 is 29.7 Å². The highest BCUT2D eigenvalue weighted by Gasteiger charge is 2.36. The predicted molar refractivity (Wildman–Crippen MR) is 114 cm³/mol. The summed E-state index contributed by atoms with van der Waals surface area (Å²) in [7, 11) is 0. The molecule has 162 valence electrons. The molecule has 7 heteroatoms. The van der Waals surface area contributed by atoms with Gasteiger partial charge in [0.1, 0.15) is 0 Å². The van der Waals surface area contributed by atoms with Gasteiger partial charge in [-0.25, -0.2) is 4.79 Å². The smallest absolute Gasteiger partial charge is 0.394 e. The molecule has 2 aromatic rings. The zero-order valence-corrected chi connectivity index (χ0v) is 17.5. The molecule has 30 heavy (non-hydrogen) atoms. The van der Waals surface area contributed by atoms with Gasteiger partial charge in [0.15, 0.2) is 0 Å². The van der Waals surface area contributed by atoms with Crippen LogP contribution < -0.4 is 5.32 Å².